The van der Waals surface area contributed by atoms with Crippen molar-refractivity contribution in [1.29, 1.82) is 0 Å². The Bertz CT molecular complexity index is 435. The zero-order chi connectivity index (χ0) is 9.97. The van der Waals surface area contributed by atoms with E-state index in [0.717, 1.165) is 5.69 Å². The minimum absolute atomic E-state index is 0.284. The maximum atomic E-state index is 5.56. The molecule has 7 heteroatoms. The first kappa shape index (κ1) is 8.57. The highest BCUT2D eigenvalue weighted by Gasteiger charge is 2.04. The van der Waals surface area contributed by atoms with Crippen LogP contribution in [-0.2, 0) is 6.54 Å². The van der Waals surface area contributed by atoms with Crippen LogP contribution in [0.3, 0.4) is 0 Å². The van der Waals surface area contributed by atoms with Gasteiger partial charge in [0.25, 0.3) is 0 Å². The molecule has 4 N–H and O–H groups in total. The number of aromatic nitrogens is 5. The number of nitrogens with zero attached hydrogens (tertiary/aromatic N) is 5. The molecule has 0 amide bonds. The Kier molecular flexibility index (Phi) is 2.07. The number of hydrogen-bond donors (Lipinski definition) is 2. The van der Waals surface area contributed by atoms with Crippen molar-refractivity contribution in [2.75, 3.05) is 5.73 Å². The Morgan fingerprint density at radius 2 is 2.07 bits per heavy atom. The second-order valence-electron chi connectivity index (χ2n) is 2.60. The Balaban J connectivity index is 2.47. The normalized spacial score (nSPS) is 10.4. The van der Waals surface area contributed by atoms with Gasteiger partial charge in [0.2, 0.25) is 5.95 Å². The molecule has 0 saturated heterocycles. The monoisotopic (exact) mass is 191 g/mol. The lowest BCUT2D eigenvalue weighted by Crippen LogP contribution is -2.07. The van der Waals surface area contributed by atoms with Gasteiger partial charge in [0.1, 0.15) is 12.7 Å². The van der Waals surface area contributed by atoms with Gasteiger partial charge >= 0.3 is 0 Å². The Morgan fingerprint density at radius 3 is 2.71 bits per heavy atom. The van der Waals surface area contributed by atoms with E-state index in [1.807, 2.05) is 0 Å². The predicted octanol–water partition coefficient (Wildman–Crippen LogP) is -0.902. The summed E-state index contributed by atoms with van der Waals surface area (Å²) < 4.78 is 1.42. The molecule has 0 saturated carbocycles. The molecule has 2 aromatic rings. The lowest BCUT2D eigenvalue weighted by Gasteiger charge is -2.02. The summed E-state index contributed by atoms with van der Waals surface area (Å²) in [5.41, 5.74) is 11.7. The van der Waals surface area contributed by atoms with E-state index in [2.05, 4.69) is 20.1 Å². The van der Waals surface area contributed by atoms with Crippen LogP contribution in [0.1, 0.15) is 5.69 Å². The van der Waals surface area contributed by atoms with Crippen molar-refractivity contribution in [3.63, 3.8) is 0 Å². The van der Waals surface area contributed by atoms with Gasteiger partial charge in [-0.15, -0.1) is 0 Å². The minimum atomic E-state index is 0.284. The van der Waals surface area contributed by atoms with Gasteiger partial charge in [-0.1, -0.05) is 0 Å². The van der Waals surface area contributed by atoms with Crippen molar-refractivity contribution in [3.05, 3.63) is 24.4 Å². The molecule has 0 atom stereocenters. The summed E-state index contributed by atoms with van der Waals surface area (Å²) in [6.07, 6.45) is 2.78. The maximum Gasteiger partial charge on any atom is 0.224 e. The second kappa shape index (κ2) is 3.38. The third-order valence-electron chi connectivity index (χ3n) is 1.71. The molecule has 0 radical (unpaired) electrons. The Labute approximate surface area is 79.8 Å². The van der Waals surface area contributed by atoms with Gasteiger partial charge in [0, 0.05) is 12.6 Å². The van der Waals surface area contributed by atoms with Crippen molar-refractivity contribution in [1.82, 2.24) is 24.7 Å². The Hall–Kier alpha value is -2.02. The van der Waals surface area contributed by atoms with Gasteiger partial charge in [0.05, 0.1) is 5.69 Å². The van der Waals surface area contributed by atoms with Crippen molar-refractivity contribution in [2.45, 2.75) is 6.54 Å². The fourth-order valence-electron chi connectivity index (χ4n) is 1.04. The highest BCUT2D eigenvalue weighted by molar-refractivity contribution is 5.30. The number of hydrogen-bond acceptors (Lipinski definition) is 6. The summed E-state index contributed by atoms with van der Waals surface area (Å²) >= 11 is 0. The molecule has 0 spiro atoms. The first-order chi connectivity index (χ1) is 6.81. The van der Waals surface area contributed by atoms with E-state index in [9.17, 15) is 0 Å². The largest absolute Gasteiger partial charge is 0.368 e. The summed E-state index contributed by atoms with van der Waals surface area (Å²) in [6, 6.07) is 1.71. The third kappa shape index (κ3) is 1.40. The summed E-state index contributed by atoms with van der Waals surface area (Å²) in [7, 11) is 0. The first-order valence-electron chi connectivity index (χ1n) is 3.98. The molecule has 0 bridgehead atoms. The summed E-state index contributed by atoms with van der Waals surface area (Å²) in [5.74, 6) is 0.849. The van der Waals surface area contributed by atoms with Gasteiger partial charge in [-0.2, -0.15) is 14.8 Å². The van der Waals surface area contributed by atoms with Gasteiger partial charge in [-0.05, 0) is 0 Å². The smallest absolute Gasteiger partial charge is 0.224 e. The van der Waals surface area contributed by atoms with Crippen LogP contribution < -0.4 is 11.5 Å². The standard InChI is InChI=1S/C7H9N7/c8-2-5-1-6(11-3-10-5)14-7(9)12-4-13-14/h1,3-4H,2,8H2,(H2,9,12,13). The molecular formula is C7H9N7. The van der Waals surface area contributed by atoms with Crippen molar-refractivity contribution in [2.24, 2.45) is 5.73 Å². The first-order valence-corrected chi connectivity index (χ1v) is 3.98. The zero-order valence-corrected chi connectivity index (χ0v) is 7.33. The zero-order valence-electron chi connectivity index (χ0n) is 7.33. The number of nitrogens with two attached hydrogens (primary N) is 2. The summed E-state index contributed by atoms with van der Waals surface area (Å²) in [4.78, 5) is 11.7. The van der Waals surface area contributed by atoms with Crippen LogP contribution in [0, 0.1) is 0 Å². The van der Waals surface area contributed by atoms with Crippen LogP contribution in [0.2, 0.25) is 0 Å². The van der Waals surface area contributed by atoms with Crippen molar-refractivity contribution in [3.8, 4) is 5.82 Å². The van der Waals surface area contributed by atoms with E-state index in [1.165, 1.54) is 17.3 Å². The molecule has 2 rings (SSSR count). The average molecular weight is 191 g/mol. The van der Waals surface area contributed by atoms with E-state index >= 15 is 0 Å². The quantitative estimate of drug-likeness (QED) is 0.636. The van der Waals surface area contributed by atoms with Crippen LogP contribution in [0.5, 0.6) is 0 Å². The minimum Gasteiger partial charge on any atom is -0.368 e. The third-order valence-corrected chi connectivity index (χ3v) is 1.71. The van der Waals surface area contributed by atoms with E-state index in [0.29, 0.717) is 12.4 Å². The van der Waals surface area contributed by atoms with E-state index in [-0.39, 0.29) is 5.95 Å². The number of nitrogen functional groups attached to an aromatic ring is 1. The second-order valence-corrected chi connectivity index (χ2v) is 2.60. The molecule has 72 valence electrons. The molecule has 0 aliphatic heterocycles. The highest BCUT2D eigenvalue weighted by atomic mass is 15.4. The topological polar surface area (TPSA) is 109 Å². The lowest BCUT2D eigenvalue weighted by atomic mass is 10.4. The van der Waals surface area contributed by atoms with Crippen LogP contribution >= 0.6 is 0 Å². The molecule has 14 heavy (non-hydrogen) atoms. The Morgan fingerprint density at radius 1 is 1.21 bits per heavy atom. The molecule has 0 fully saturated rings. The van der Waals surface area contributed by atoms with Crippen LogP contribution in [0.15, 0.2) is 18.7 Å². The molecule has 7 nitrogen and oxygen atoms in total. The van der Waals surface area contributed by atoms with Gasteiger partial charge in [0.15, 0.2) is 5.82 Å². The van der Waals surface area contributed by atoms with Crippen molar-refractivity contribution < 1.29 is 0 Å². The highest BCUT2D eigenvalue weighted by Crippen LogP contribution is 2.06. The summed E-state index contributed by atoms with van der Waals surface area (Å²) in [6.45, 7) is 0.351. The summed E-state index contributed by atoms with van der Waals surface area (Å²) in [5, 5.41) is 3.91. The molecule has 2 heterocycles. The number of rotatable bonds is 2. The maximum absolute atomic E-state index is 5.56. The molecule has 2 aromatic heterocycles. The molecular weight excluding hydrogens is 182 g/mol. The molecule has 0 unspecified atom stereocenters. The van der Waals surface area contributed by atoms with Crippen LogP contribution in [0.25, 0.3) is 5.82 Å². The molecule has 0 aromatic carbocycles. The van der Waals surface area contributed by atoms with Gasteiger partial charge in [-0.3, -0.25) is 0 Å². The fourth-order valence-corrected chi connectivity index (χ4v) is 1.04. The molecule has 0 aliphatic rings. The predicted molar refractivity (Wildman–Crippen MR) is 49.3 cm³/mol. The molecule has 0 aliphatic carbocycles. The average Bonchev–Trinajstić information content (AvgIpc) is 2.65. The number of anilines is 1. The SMILES string of the molecule is NCc1cc(-n2ncnc2N)ncn1. The fraction of sp³-hybridized carbons (Fsp3) is 0.143. The van der Waals surface area contributed by atoms with Crippen molar-refractivity contribution >= 4 is 5.95 Å². The van der Waals surface area contributed by atoms with E-state index in [4.69, 9.17) is 11.5 Å². The van der Waals surface area contributed by atoms with Crippen LogP contribution in [0.4, 0.5) is 5.95 Å². The van der Waals surface area contributed by atoms with E-state index in [1.54, 1.807) is 6.07 Å². The van der Waals surface area contributed by atoms with Gasteiger partial charge < -0.3 is 11.5 Å². The van der Waals surface area contributed by atoms with Gasteiger partial charge in [-0.25, -0.2) is 9.97 Å². The van der Waals surface area contributed by atoms with Crippen LogP contribution in [-0.4, -0.2) is 24.7 Å². The van der Waals surface area contributed by atoms with E-state index < -0.39 is 0 Å². The lowest BCUT2D eigenvalue weighted by molar-refractivity contribution is 0.834.